The number of carbonyl (C=O) groups is 1. The van der Waals surface area contributed by atoms with Crippen molar-refractivity contribution in [3.05, 3.63) is 52.5 Å². The number of aryl methyl sites for hydroxylation is 1. The van der Waals surface area contributed by atoms with Crippen LogP contribution in [0.2, 0.25) is 0 Å². The van der Waals surface area contributed by atoms with Crippen LogP contribution in [0, 0.1) is 0 Å². The molecule has 0 N–H and O–H groups in total. The SMILES string of the molecule is O=C(CCc1ccccc1)Cc1cncs1. The lowest BCUT2D eigenvalue weighted by Crippen LogP contribution is -2.03. The minimum Gasteiger partial charge on any atom is -0.299 e. The first-order chi connectivity index (χ1) is 7.84. The molecule has 0 fully saturated rings. The predicted octanol–water partition coefficient (Wildman–Crippen LogP) is 2.89. The van der Waals surface area contributed by atoms with Gasteiger partial charge in [0, 0.05) is 23.9 Å². The van der Waals surface area contributed by atoms with Crippen LogP contribution in [0.25, 0.3) is 0 Å². The number of hydrogen-bond acceptors (Lipinski definition) is 3. The van der Waals surface area contributed by atoms with E-state index in [9.17, 15) is 4.79 Å². The van der Waals surface area contributed by atoms with Crippen LogP contribution in [0.5, 0.6) is 0 Å². The maximum atomic E-state index is 11.7. The number of rotatable bonds is 5. The van der Waals surface area contributed by atoms with Crippen LogP contribution in [0.1, 0.15) is 16.9 Å². The molecular weight excluding hydrogens is 218 g/mol. The molecule has 1 heterocycles. The average molecular weight is 231 g/mol. The fourth-order valence-corrected chi connectivity index (χ4v) is 2.16. The zero-order valence-corrected chi connectivity index (χ0v) is 9.74. The average Bonchev–Trinajstić information content (AvgIpc) is 2.81. The summed E-state index contributed by atoms with van der Waals surface area (Å²) in [4.78, 5) is 16.7. The lowest BCUT2D eigenvalue weighted by molar-refractivity contribution is -0.118. The fourth-order valence-electron chi connectivity index (χ4n) is 1.54. The molecular formula is C13H13NOS. The first kappa shape index (κ1) is 11.0. The largest absolute Gasteiger partial charge is 0.299 e. The van der Waals surface area contributed by atoms with Gasteiger partial charge in [-0.25, -0.2) is 0 Å². The first-order valence-electron chi connectivity index (χ1n) is 5.27. The lowest BCUT2D eigenvalue weighted by atomic mass is 10.1. The molecule has 1 aromatic carbocycles. The summed E-state index contributed by atoms with van der Waals surface area (Å²) in [6.45, 7) is 0. The highest BCUT2D eigenvalue weighted by atomic mass is 32.1. The summed E-state index contributed by atoms with van der Waals surface area (Å²) in [7, 11) is 0. The normalized spacial score (nSPS) is 10.2. The molecule has 0 aliphatic heterocycles. The summed E-state index contributed by atoms with van der Waals surface area (Å²) >= 11 is 1.54. The number of nitrogens with zero attached hydrogens (tertiary/aromatic N) is 1. The Morgan fingerprint density at radius 2 is 2.06 bits per heavy atom. The predicted molar refractivity (Wildman–Crippen MR) is 65.6 cm³/mol. The molecule has 0 saturated heterocycles. The molecule has 82 valence electrons. The van der Waals surface area contributed by atoms with Gasteiger partial charge in [0.15, 0.2) is 0 Å². The van der Waals surface area contributed by atoms with Crippen molar-refractivity contribution in [1.82, 2.24) is 4.98 Å². The number of thiazole rings is 1. The monoisotopic (exact) mass is 231 g/mol. The van der Waals surface area contributed by atoms with E-state index in [1.165, 1.54) is 5.56 Å². The van der Waals surface area contributed by atoms with Crippen molar-refractivity contribution < 1.29 is 4.79 Å². The van der Waals surface area contributed by atoms with Gasteiger partial charge in [0.25, 0.3) is 0 Å². The highest BCUT2D eigenvalue weighted by Gasteiger charge is 2.05. The number of hydrogen-bond donors (Lipinski definition) is 0. The van der Waals surface area contributed by atoms with E-state index >= 15 is 0 Å². The van der Waals surface area contributed by atoms with Crippen molar-refractivity contribution in [2.24, 2.45) is 0 Å². The van der Waals surface area contributed by atoms with Gasteiger partial charge in [-0.2, -0.15) is 0 Å². The smallest absolute Gasteiger partial charge is 0.138 e. The Morgan fingerprint density at radius 3 is 2.75 bits per heavy atom. The van der Waals surface area contributed by atoms with Crippen molar-refractivity contribution in [2.45, 2.75) is 19.3 Å². The van der Waals surface area contributed by atoms with E-state index < -0.39 is 0 Å². The molecule has 0 spiro atoms. The second-order valence-corrected chi connectivity index (χ2v) is 4.64. The quantitative estimate of drug-likeness (QED) is 0.792. The van der Waals surface area contributed by atoms with Gasteiger partial charge in [-0.15, -0.1) is 11.3 Å². The molecule has 0 aliphatic rings. The summed E-state index contributed by atoms with van der Waals surface area (Å²) in [6.07, 6.45) is 3.74. The van der Waals surface area contributed by atoms with Gasteiger partial charge >= 0.3 is 0 Å². The van der Waals surface area contributed by atoms with Gasteiger partial charge < -0.3 is 0 Å². The minimum atomic E-state index is 0.285. The highest BCUT2D eigenvalue weighted by Crippen LogP contribution is 2.09. The Hall–Kier alpha value is -1.48. The zero-order chi connectivity index (χ0) is 11.2. The van der Waals surface area contributed by atoms with Crippen molar-refractivity contribution in [3.8, 4) is 0 Å². The Labute approximate surface area is 99.0 Å². The Kier molecular flexibility index (Phi) is 3.83. The third-order valence-corrected chi connectivity index (χ3v) is 3.17. The lowest BCUT2D eigenvalue weighted by Gasteiger charge is -1.99. The third kappa shape index (κ3) is 3.28. The Balaban J connectivity index is 1.80. The second kappa shape index (κ2) is 5.56. The molecule has 0 unspecified atom stereocenters. The number of aromatic nitrogens is 1. The highest BCUT2D eigenvalue weighted by molar-refractivity contribution is 7.09. The molecule has 0 radical (unpaired) electrons. The van der Waals surface area contributed by atoms with Crippen molar-refractivity contribution in [2.75, 3.05) is 0 Å². The molecule has 1 aromatic heterocycles. The van der Waals surface area contributed by atoms with Crippen molar-refractivity contribution in [3.63, 3.8) is 0 Å². The van der Waals surface area contributed by atoms with Crippen LogP contribution in [0.3, 0.4) is 0 Å². The van der Waals surface area contributed by atoms with Gasteiger partial charge in [0.1, 0.15) is 5.78 Å². The van der Waals surface area contributed by atoms with E-state index in [4.69, 9.17) is 0 Å². The number of benzene rings is 1. The van der Waals surface area contributed by atoms with Gasteiger partial charge in [0.2, 0.25) is 0 Å². The molecule has 16 heavy (non-hydrogen) atoms. The summed E-state index contributed by atoms with van der Waals surface area (Å²) in [5.74, 6) is 0.285. The van der Waals surface area contributed by atoms with Crippen LogP contribution < -0.4 is 0 Å². The molecule has 0 atom stereocenters. The van der Waals surface area contributed by atoms with Crippen LogP contribution in [0.15, 0.2) is 42.0 Å². The van der Waals surface area contributed by atoms with Crippen LogP contribution in [-0.2, 0) is 17.6 Å². The van der Waals surface area contributed by atoms with Gasteiger partial charge in [-0.3, -0.25) is 9.78 Å². The van der Waals surface area contributed by atoms with Crippen molar-refractivity contribution in [1.29, 1.82) is 0 Å². The van der Waals surface area contributed by atoms with E-state index in [0.29, 0.717) is 12.8 Å². The van der Waals surface area contributed by atoms with Crippen molar-refractivity contribution >= 4 is 17.1 Å². The summed E-state index contributed by atoms with van der Waals surface area (Å²) < 4.78 is 0. The minimum absolute atomic E-state index is 0.285. The Morgan fingerprint density at radius 1 is 1.25 bits per heavy atom. The topological polar surface area (TPSA) is 30.0 Å². The van der Waals surface area contributed by atoms with E-state index in [1.807, 2.05) is 18.2 Å². The standard InChI is InChI=1S/C13H13NOS/c15-12(8-13-9-14-10-16-13)7-6-11-4-2-1-3-5-11/h1-5,9-10H,6-8H2. The molecule has 2 rings (SSSR count). The van der Waals surface area contributed by atoms with E-state index in [2.05, 4.69) is 17.1 Å². The number of ketones is 1. The van der Waals surface area contributed by atoms with E-state index in [-0.39, 0.29) is 5.78 Å². The number of Topliss-reactive ketones (excluding diaryl/α,β-unsaturated/α-hetero) is 1. The molecule has 0 saturated carbocycles. The van der Waals surface area contributed by atoms with Crippen LogP contribution in [-0.4, -0.2) is 10.8 Å². The first-order valence-corrected chi connectivity index (χ1v) is 6.15. The Bertz CT molecular complexity index is 436. The maximum absolute atomic E-state index is 11.7. The van der Waals surface area contributed by atoms with Crippen LogP contribution >= 0.6 is 11.3 Å². The van der Waals surface area contributed by atoms with Gasteiger partial charge in [-0.05, 0) is 12.0 Å². The fraction of sp³-hybridized carbons (Fsp3) is 0.231. The third-order valence-electron chi connectivity index (χ3n) is 2.39. The summed E-state index contributed by atoms with van der Waals surface area (Å²) in [6, 6.07) is 10.1. The molecule has 2 nitrogen and oxygen atoms in total. The molecule has 2 aromatic rings. The zero-order valence-electron chi connectivity index (χ0n) is 8.93. The molecule has 0 bridgehead atoms. The van der Waals surface area contributed by atoms with Gasteiger partial charge in [-0.1, -0.05) is 30.3 Å². The molecule has 3 heteroatoms. The summed E-state index contributed by atoms with van der Waals surface area (Å²) in [5.41, 5.74) is 2.99. The van der Waals surface area contributed by atoms with Crippen LogP contribution in [0.4, 0.5) is 0 Å². The number of carbonyl (C=O) groups excluding carboxylic acids is 1. The van der Waals surface area contributed by atoms with E-state index in [0.717, 1.165) is 11.3 Å². The molecule has 0 aliphatic carbocycles. The summed E-state index contributed by atoms with van der Waals surface area (Å²) in [5, 5.41) is 0. The molecule has 0 amide bonds. The maximum Gasteiger partial charge on any atom is 0.138 e. The second-order valence-electron chi connectivity index (χ2n) is 3.67. The van der Waals surface area contributed by atoms with Gasteiger partial charge in [0.05, 0.1) is 5.51 Å². The van der Waals surface area contributed by atoms with E-state index in [1.54, 1.807) is 23.0 Å².